The van der Waals surface area contributed by atoms with E-state index < -0.39 is 10.0 Å². The number of nitrogens with one attached hydrogen (secondary N) is 2. The number of carbonyl (C=O) groups is 1. The van der Waals surface area contributed by atoms with Crippen LogP contribution in [0.3, 0.4) is 0 Å². The van der Waals surface area contributed by atoms with Crippen molar-refractivity contribution in [3.8, 4) is 0 Å². The SMILES string of the molecule is CC(=O)Nc1nnc(S(=O)(=O)NCCC2CCCO2)s1. The van der Waals surface area contributed by atoms with Crippen LogP contribution in [0.1, 0.15) is 26.2 Å². The molecule has 1 atom stereocenters. The Morgan fingerprint density at radius 2 is 2.30 bits per heavy atom. The highest BCUT2D eigenvalue weighted by Crippen LogP contribution is 2.20. The van der Waals surface area contributed by atoms with E-state index in [-0.39, 0.29) is 21.5 Å². The van der Waals surface area contributed by atoms with Gasteiger partial charge < -0.3 is 10.1 Å². The molecule has 2 rings (SSSR count). The number of ether oxygens (including phenoxy) is 1. The number of sulfonamides is 1. The van der Waals surface area contributed by atoms with Crippen LogP contribution in [0.4, 0.5) is 5.13 Å². The molecule has 20 heavy (non-hydrogen) atoms. The van der Waals surface area contributed by atoms with E-state index in [1.165, 1.54) is 6.92 Å². The van der Waals surface area contributed by atoms with Crippen LogP contribution in [0.15, 0.2) is 4.34 Å². The summed E-state index contributed by atoms with van der Waals surface area (Å²) in [5, 5.41) is 9.72. The van der Waals surface area contributed by atoms with Crippen molar-refractivity contribution in [1.29, 1.82) is 0 Å². The maximum absolute atomic E-state index is 11.9. The summed E-state index contributed by atoms with van der Waals surface area (Å²) in [6.07, 6.45) is 2.75. The Kier molecular flexibility index (Phi) is 5.02. The molecule has 1 amide bonds. The maximum Gasteiger partial charge on any atom is 0.269 e. The molecule has 0 radical (unpaired) electrons. The van der Waals surface area contributed by atoms with Gasteiger partial charge in [0.25, 0.3) is 10.0 Å². The third kappa shape index (κ3) is 4.20. The van der Waals surface area contributed by atoms with E-state index in [0.717, 1.165) is 30.8 Å². The average Bonchev–Trinajstić information content (AvgIpc) is 2.99. The fourth-order valence-corrected chi connectivity index (χ4v) is 3.84. The van der Waals surface area contributed by atoms with Crippen LogP contribution in [-0.4, -0.2) is 43.8 Å². The summed E-state index contributed by atoms with van der Waals surface area (Å²) in [4.78, 5) is 10.8. The van der Waals surface area contributed by atoms with Gasteiger partial charge in [-0.15, -0.1) is 10.2 Å². The number of carbonyl (C=O) groups excluding carboxylic acids is 1. The van der Waals surface area contributed by atoms with Crippen molar-refractivity contribution < 1.29 is 17.9 Å². The van der Waals surface area contributed by atoms with E-state index >= 15 is 0 Å². The van der Waals surface area contributed by atoms with Gasteiger partial charge in [0, 0.05) is 20.1 Å². The number of anilines is 1. The quantitative estimate of drug-likeness (QED) is 0.732. The number of hydrogen-bond acceptors (Lipinski definition) is 7. The third-order valence-corrected chi connectivity index (χ3v) is 5.37. The zero-order chi connectivity index (χ0) is 14.6. The molecular weight excluding hydrogens is 304 g/mol. The van der Waals surface area contributed by atoms with E-state index in [4.69, 9.17) is 4.74 Å². The molecule has 2 N–H and O–H groups in total. The Morgan fingerprint density at radius 3 is 2.95 bits per heavy atom. The Morgan fingerprint density at radius 1 is 1.50 bits per heavy atom. The molecule has 2 heterocycles. The van der Waals surface area contributed by atoms with Crippen molar-refractivity contribution >= 4 is 32.4 Å². The van der Waals surface area contributed by atoms with Gasteiger partial charge in [0.1, 0.15) is 0 Å². The molecule has 1 aromatic heterocycles. The lowest BCUT2D eigenvalue weighted by Crippen LogP contribution is -2.27. The summed E-state index contributed by atoms with van der Waals surface area (Å²) in [6.45, 7) is 2.35. The molecule has 10 heteroatoms. The maximum atomic E-state index is 11.9. The highest BCUT2D eigenvalue weighted by Gasteiger charge is 2.21. The van der Waals surface area contributed by atoms with E-state index in [0.29, 0.717) is 13.0 Å². The lowest BCUT2D eigenvalue weighted by Gasteiger charge is -2.09. The minimum atomic E-state index is -3.68. The van der Waals surface area contributed by atoms with E-state index in [1.807, 2.05) is 0 Å². The van der Waals surface area contributed by atoms with E-state index in [2.05, 4.69) is 20.2 Å². The van der Waals surface area contributed by atoms with Gasteiger partial charge in [-0.3, -0.25) is 4.79 Å². The Labute approximate surface area is 121 Å². The van der Waals surface area contributed by atoms with Crippen molar-refractivity contribution in [2.45, 2.75) is 36.6 Å². The molecule has 1 aliphatic rings. The summed E-state index contributed by atoms with van der Waals surface area (Å²) < 4.78 is 31.6. The Bertz CT molecular complexity index is 566. The van der Waals surface area contributed by atoms with Crippen molar-refractivity contribution in [3.63, 3.8) is 0 Å². The lowest BCUT2D eigenvalue weighted by atomic mass is 10.2. The van der Waals surface area contributed by atoms with Crippen LogP contribution in [0, 0.1) is 0 Å². The first-order valence-electron chi connectivity index (χ1n) is 6.20. The van der Waals surface area contributed by atoms with Gasteiger partial charge in [0.15, 0.2) is 0 Å². The van der Waals surface area contributed by atoms with Crippen molar-refractivity contribution in [3.05, 3.63) is 0 Å². The summed E-state index contributed by atoms with van der Waals surface area (Å²) in [5.41, 5.74) is 0. The van der Waals surface area contributed by atoms with Crippen molar-refractivity contribution in [2.75, 3.05) is 18.5 Å². The molecule has 0 saturated carbocycles. The van der Waals surface area contributed by atoms with Crippen LogP contribution in [0.25, 0.3) is 0 Å². The van der Waals surface area contributed by atoms with Crippen molar-refractivity contribution in [2.24, 2.45) is 0 Å². The molecule has 1 unspecified atom stereocenters. The third-order valence-electron chi connectivity index (χ3n) is 2.70. The lowest BCUT2D eigenvalue weighted by molar-refractivity contribution is -0.114. The summed E-state index contributed by atoms with van der Waals surface area (Å²) in [6, 6.07) is 0. The van der Waals surface area contributed by atoms with Crippen LogP contribution in [0.5, 0.6) is 0 Å². The fraction of sp³-hybridized carbons (Fsp3) is 0.700. The fourth-order valence-electron chi connectivity index (χ4n) is 1.81. The Balaban J connectivity index is 1.88. The number of hydrogen-bond donors (Lipinski definition) is 2. The van der Waals surface area contributed by atoms with Crippen LogP contribution in [-0.2, 0) is 19.6 Å². The second-order valence-corrected chi connectivity index (χ2v) is 7.29. The summed E-state index contributed by atoms with van der Waals surface area (Å²) in [7, 11) is -3.68. The molecule has 0 spiro atoms. The molecule has 1 fully saturated rings. The van der Waals surface area contributed by atoms with Gasteiger partial charge in [-0.1, -0.05) is 11.3 Å². The molecule has 112 valence electrons. The van der Waals surface area contributed by atoms with Crippen LogP contribution < -0.4 is 10.0 Å². The van der Waals surface area contributed by atoms with E-state index in [1.54, 1.807) is 0 Å². The molecule has 1 saturated heterocycles. The highest BCUT2D eigenvalue weighted by molar-refractivity contribution is 7.91. The molecule has 8 nitrogen and oxygen atoms in total. The van der Waals surface area contributed by atoms with E-state index in [9.17, 15) is 13.2 Å². The Hall–Kier alpha value is -1.10. The summed E-state index contributed by atoms with van der Waals surface area (Å²) >= 11 is 0.815. The van der Waals surface area contributed by atoms with Gasteiger partial charge in [-0.05, 0) is 19.3 Å². The molecule has 0 aliphatic carbocycles. The van der Waals surface area contributed by atoms with Gasteiger partial charge in [-0.25, -0.2) is 13.1 Å². The minimum absolute atomic E-state index is 0.127. The predicted octanol–water partition coefficient (Wildman–Crippen LogP) is 0.344. The summed E-state index contributed by atoms with van der Waals surface area (Å²) in [5.74, 6) is -0.323. The first-order chi connectivity index (χ1) is 9.47. The monoisotopic (exact) mass is 320 g/mol. The zero-order valence-corrected chi connectivity index (χ0v) is 12.6. The van der Waals surface area contributed by atoms with Crippen molar-refractivity contribution in [1.82, 2.24) is 14.9 Å². The standard InChI is InChI=1S/C10H16N4O4S2/c1-7(15)12-9-13-14-10(19-9)20(16,17)11-5-4-8-3-2-6-18-8/h8,11H,2-6H2,1H3,(H,12,13,15). The highest BCUT2D eigenvalue weighted by atomic mass is 32.2. The molecule has 0 bridgehead atoms. The second-order valence-electron chi connectivity index (χ2n) is 4.38. The minimum Gasteiger partial charge on any atom is -0.378 e. The van der Waals surface area contributed by atoms with Gasteiger partial charge in [0.05, 0.1) is 6.10 Å². The first kappa shape index (κ1) is 15.3. The number of nitrogens with zero attached hydrogens (tertiary/aromatic N) is 2. The second kappa shape index (κ2) is 6.57. The molecule has 1 aliphatic heterocycles. The molecule has 1 aromatic rings. The number of aromatic nitrogens is 2. The zero-order valence-electron chi connectivity index (χ0n) is 11.0. The largest absolute Gasteiger partial charge is 0.378 e. The first-order valence-corrected chi connectivity index (χ1v) is 8.50. The molecular formula is C10H16N4O4S2. The number of rotatable bonds is 6. The van der Waals surface area contributed by atoms with Gasteiger partial charge >= 0.3 is 0 Å². The predicted molar refractivity (Wildman–Crippen MR) is 73.0 cm³/mol. The van der Waals surface area contributed by atoms with Crippen LogP contribution >= 0.6 is 11.3 Å². The van der Waals surface area contributed by atoms with Gasteiger partial charge in [-0.2, -0.15) is 0 Å². The normalized spacial score (nSPS) is 19.1. The van der Waals surface area contributed by atoms with Gasteiger partial charge in [0.2, 0.25) is 15.4 Å². The smallest absolute Gasteiger partial charge is 0.269 e. The van der Waals surface area contributed by atoms with Crippen LogP contribution in [0.2, 0.25) is 0 Å². The topological polar surface area (TPSA) is 110 Å². The average molecular weight is 320 g/mol. The molecule has 0 aromatic carbocycles. The number of amides is 1.